The van der Waals surface area contributed by atoms with Crippen LogP contribution in [0.5, 0.6) is 0 Å². The molecule has 0 aliphatic carbocycles. The van der Waals surface area contributed by atoms with E-state index in [2.05, 4.69) is 52.5 Å². The maximum Gasteiger partial charge on any atom is 0.256 e. The normalized spacial score (nSPS) is 15.1. The van der Waals surface area contributed by atoms with E-state index < -0.39 is 35.4 Å². The van der Waals surface area contributed by atoms with Crippen molar-refractivity contribution in [1.82, 2.24) is 40.8 Å². The van der Waals surface area contributed by atoms with E-state index in [9.17, 15) is 29.1 Å². The third-order valence-corrected chi connectivity index (χ3v) is 12.7. The van der Waals surface area contributed by atoms with E-state index >= 15 is 0 Å². The smallest absolute Gasteiger partial charge is 0.256 e. The Morgan fingerprint density at radius 1 is 0.843 bits per heavy atom. The predicted octanol–water partition coefficient (Wildman–Crippen LogP) is 4.53. The van der Waals surface area contributed by atoms with Crippen molar-refractivity contribution in [3.63, 3.8) is 0 Å². The second-order valence-electron chi connectivity index (χ2n) is 17.5. The number of aliphatic hydroxyl groups is 1. The first-order chi connectivity index (χ1) is 33.7. The number of nitrogens with zero attached hydrogens (tertiary/aromatic N) is 5. The third-order valence-electron chi connectivity index (χ3n) is 11.1. The van der Waals surface area contributed by atoms with Crippen LogP contribution in [0.25, 0.3) is 10.4 Å². The quantitative estimate of drug-likeness (QED) is 0.0506. The Kier molecular flexibility index (Phi) is 20.1. The number of hydrogen-bond donors (Lipinski definition) is 5. The van der Waals surface area contributed by atoms with Gasteiger partial charge in [0, 0.05) is 35.2 Å². The number of aryl methyl sites for hydroxylation is 1. The number of carbonyl (C=O) groups is 5. The number of benzene rings is 3. The zero-order chi connectivity index (χ0) is 50.0. The van der Waals surface area contributed by atoms with E-state index in [0.717, 1.165) is 21.7 Å². The molecule has 3 atom stereocenters. The third kappa shape index (κ3) is 16.1. The highest BCUT2D eigenvalue weighted by Crippen LogP contribution is 2.28. The molecule has 1 aliphatic heterocycles. The number of ether oxygens (including phenoxy) is 4. The zero-order valence-electron chi connectivity index (χ0n) is 39.7. The highest BCUT2D eigenvalue weighted by Gasteiger charge is 2.44. The molecule has 5 N–H and O–H groups in total. The maximum atomic E-state index is 13.9. The average molecular weight is 1050 g/mol. The van der Waals surface area contributed by atoms with Gasteiger partial charge in [-0.3, -0.25) is 24.0 Å². The summed E-state index contributed by atoms with van der Waals surface area (Å²) in [5.41, 5.74) is 6.06. The molecule has 0 unspecified atom stereocenters. The maximum absolute atomic E-state index is 13.9. The second kappa shape index (κ2) is 26.3. The number of aromatic nitrogens is 4. The van der Waals surface area contributed by atoms with E-state index in [-0.39, 0.29) is 63.6 Å². The highest BCUT2D eigenvalue weighted by molar-refractivity contribution is 9.10. The Hall–Kier alpha value is -5.94. The lowest BCUT2D eigenvalue weighted by atomic mass is 9.85. The van der Waals surface area contributed by atoms with Crippen LogP contribution in [-0.2, 0) is 53.0 Å². The number of carbonyl (C=O) groups excluding carboxylic acids is 5. The van der Waals surface area contributed by atoms with Crippen molar-refractivity contribution >= 4 is 62.5 Å². The molecule has 2 aromatic heterocycles. The van der Waals surface area contributed by atoms with Gasteiger partial charge in [0.15, 0.2) is 0 Å². The van der Waals surface area contributed by atoms with Gasteiger partial charge in [0.05, 0.1) is 93.3 Å². The lowest BCUT2D eigenvalue weighted by molar-refractivity contribution is -0.144. The van der Waals surface area contributed by atoms with Gasteiger partial charge in [0.1, 0.15) is 24.4 Å². The first-order valence-corrected chi connectivity index (χ1v) is 24.5. The molecular formula is C49H60BrN9O10S. The van der Waals surface area contributed by atoms with Gasteiger partial charge in [-0.25, -0.2) is 9.67 Å². The predicted molar refractivity (Wildman–Crippen MR) is 265 cm³/mol. The number of likely N-dealkylation sites (tertiary alicyclic amines) is 1. The molecule has 3 heterocycles. The van der Waals surface area contributed by atoms with Crippen LogP contribution in [0.1, 0.15) is 64.9 Å². The van der Waals surface area contributed by atoms with Crippen LogP contribution in [-0.4, -0.2) is 137 Å². The first kappa shape index (κ1) is 53.4. The van der Waals surface area contributed by atoms with Crippen LogP contribution in [0.3, 0.4) is 0 Å². The van der Waals surface area contributed by atoms with E-state index in [1.165, 1.54) is 4.90 Å². The number of hydrogen-bond acceptors (Lipinski definition) is 14. The highest BCUT2D eigenvalue weighted by atomic mass is 79.9. The van der Waals surface area contributed by atoms with Gasteiger partial charge in [0.2, 0.25) is 17.7 Å². The molecular weight excluding hydrogens is 987 g/mol. The largest absolute Gasteiger partial charge is 0.391 e. The summed E-state index contributed by atoms with van der Waals surface area (Å²) in [7, 11) is 0. The molecule has 5 amide bonds. The van der Waals surface area contributed by atoms with E-state index in [4.69, 9.17) is 18.9 Å². The number of rotatable bonds is 25. The molecule has 1 aliphatic rings. The molecule has 21 heteroatoms. The van der Waals surface area contributed by atoms with Crippen LogP contribution < -0.4 is 21.3 Å². The summed E-state index contributed by atoms with van der Waals surface area (Å²) in [6.07, 6.45) is 0.937. The minimum atomic E-state index is -0.976. The van der Waals surface area contributed by atoms with E-state index in [1.807, 2.05) is 58.0 Å². The number of thiazole rings is 1. The molecule has 19 nitrogen and oxygen atoms in total. The number of β-amino-alcohol motifs (C(OH)–C–C–N with tert-alkyl or cyclic N) is 1. The zero-order valence-corrected chi connectivity index (χ0v) is 42.1. The molecule has 1 fully saturated rings. The van der Waals surface area contributed by atoms with Crippen LogP contribution in [0, 0.1) is 12.3 Å². The topological polar surface area (TPSA) is 237 Å². The van der Waals surface area contributed by atoms with Gasteiger partial charge in [-0.2, -0.15) is 0 Å². The summed E-state index contributed by atoms with van der Waals surface area (Å²) in [6, 6.07) is 19.7. The van der Waals surface area contributed by atoms with E-state index in [0.29, 0.717) is 66.6 Å². The van der Waals surface area contributed by atoms with Gasteiger partial charge in [-0.15, -0.1) is 16.4 Å². The van der Waals surface area contributed by atoms with Gasteiger partial charge in [0.25, 0.3) is 11.8 Å². The molecule has 0 saturated carbocycles. The lowest BCUT2D eigenvalue weighted by Gasteiger charge is -2.35. The van der Waals surface area contributed by atoms with Crippen LogP contribution in [0.2, 0.25) is 0 Å². The van der Waals surface area contributed by atoms with Gasteiger partial charge < -0.3 is 50.2 Å². The minimum Gasteiger partial charge on any atom is -0.391 e. The Morgan fingerprint density at radius 2 is 1.51 bits per heavy atom. The van der Waals surface area contributed by atoms with Crippen LogP contribution in [0.4, 0.5) is 5.69 Å². The molecule has 5 aromatic rings. The molecule has 6 rings (SSSR count). The first-order valence-electron chi connectivity index (χ1n) is 22.9. The molecule has 0 spiro atoms. The summed E-state index contributed by atoms with van der Waals surface area (Å²) in [6.45, 7) is 10.1. The SMILES string of the molecule is Cc1ncsc1-c1ccc(CNC(=O)[C@@H]2C[C@@H](O)CN2C(=O)[C@@H](NC(=O)COCCOCCOCCOCCn2cc(CNC(=O)c3ccc(NC(=O)c4ccccc4Br)cc3)nn2)C(C)(C)C)cc1. The van der Waals surface area contributed by atoms with E-state index in [1.54, 1.807) is 70.2 Å². The summed E-state index contributed by atoms with van der Waals surface area (Å²) >= 11 is 4.94. The summed E-state index contributed by atoms with van der Waals surface area (Å²) in [4.78, 5) is 72.3. The van der Waals surface area contributed by atoms with Crippen molar-refractivity contribution in [3.8, 4) is 10.4 Å². The van der Waals surface area contributed by atoms with Crippen LogP contribution >= 0.6 is 27.3 Å². The Bertz CT molecular complexity index is 2520. The van der Waals surface area contributed by atoms with Gasteiger partial charge >= 0.3 is 0 Å². The van der Waals surface area contributed by atoms with Crippen molar-refractivity contribution in [2.45, 2.75) is 71.9 Å². The number of halogens is 1. The number of amides is 5. The Balaban J connectivity index is 0.784. The van der Waals surface area contributed by atoms with Crippen molar-refractivity contribution in [1.29, 1.82) is 0 Å². The standard InChI is InChI=1S/C49H60BrN9O10S/c1-32-43(70-31-53-32)34-11-9-33(10-12-34)26-51-47(64)41-25-38(60)29-59(41)48(65)44(49(2,3)4)55-42(61)30-69-24-23-68-22-21-67-20-19-66-18-17-58-28-37(56-57-58)27-52-45(62)35-13-15-36(16-14-35)54-46(63)39-7-5-6-8-40(39)50/h5-16,28,31,38,41,44,60H,17-27,29-30H2,1-4H3,(H,51,64)(H,52,62)(H,54,63)(H,55,61)/t38-,41+,44-/m1/s1. The Labute approximate surface area is 419 Å². The molecule has 1 saturated heterocycles. The lowest BCUT2D eigenvalue weighted by Crippen LogP contribution is -2.58. The molecule has 3 aromatic carbocycles. The van der Waals surface area contributed by atoms with Crippen molar-refractivity contribution in [2.75, 3.05) is 64.7 Å². The van der Waals surface area contributed by atoms with Crippen molar-refractivity contribution in [2.24, 2.45) is 5.41 Å². The monoisotopic (exact) mass is 1050 g/mol. The number of aliphatic hydroxyl groups excluding tert-OH is 1. The fourth-order valence-electron chi connectivity index (χ4n) is 7.32. The number of anilines is 1. The fourth-order valence-corrected chi connectivity index (χ4v) is 8.59. The fraction of sp³-hybridized carbons (Fsp3) is 0.429. The van der Waals surface area contributed by atoms with Crippen molar-refractivity contribution < 1.29 is 48.0 Å². The minimum absolute atomic E-state index is 0.0255. The Morgan fingerprint density at radius 3 is 2.17 bits per heavy atom. The van der Waals surface area contributed by atoms with Crippen LogP contribution in [0.15, 0.2) is 89.0 Å². The molecule has 0 bridgehead atoms. The van der Waals surface area contributed by atoms with Gasteiger partial charge in [-0.1, -0.05) is 62.4 Å². The summed E-state index contributed by atoms with van der Waals surface area (Å²) < 4.78 is 24.6. The second-order valence-corrected chi connectivity index (χ2v) is 19.2. The molecule has 0 radical (unpaired) electrons. The summed E-state index contributed by atoms with van der Waals surface area (Å²) in [5.74, 6) is -1.89. The average Bonchev–Trinajstić information content (AvgIpc) is 4.10. The summed E-state index contributed by atoms with van der Waals surface area (Å²) in [5, 5.41) is 30.1. The molecule has 70 heavy (non-hydrogen) atoms. The number of nitrogens with one attached hydrogen (secondary N) is 4. The molecule has 374 valence electrons. The van der Waals surface area contributed by atoms with Crippen molar-refractivity contribution in [3.05, 3.63) is 117 Å². The van der Waals surface area contributed by atoms with Gasteiger partial charge in [-0.05, 0) is 75.8 Å².